The molecule has 5 nitrogen and oxygen atoms in total. The van der Waals surface area contributed by atoms with Crippen LogP contribution in [0.25, 0.3) is 21.6 Å². The molecular formula is C23H30N5S+. The van der Waals surface area contributed by atoms with Crippen LogP contribution in [0.4, 0.5) is 5.82 Å². The van der Waals surface area contributed by atoms with Crippen LogP contribution in [-0.4, -0.2) is 47.7 Å². The summed E-state index contributed by atoms with van der Waals surface area (Å²) in [6.45, 7) is 10.5. The van der Waals surface area contributed by atoms with Crippen LogP contribution in [0.15, 0.2) is 24.5 Å². The number of rotatable bonds is 4. The summed E-state index contributed by atoms with van der Waals surface area (Å²) in [5.41, 5.74) is 2.53. The predicted molar refractivity (Wildman–Crippen MR) is 120 cm³/mol. The van der Waals surface area contributed by atoms with Gasteiger partial charge < -0.3 is 9.80 Å². The maximum atomic E-state index is 5.14. The number of hydrogen-bond acceptors (Lipinski definition) is 5. The highest BCUT2D eigenvalue weighted by Crippen LogP contribution is 2.41. The summed E-state index contributed by atoms with van der Waals surface area (Å²) in [5, 5.41) is 1.34. The molecule has 0 amide bonds. The summed E-state index contributed by atoms with van der Waals surface area (Å²) >= 11 is 1.90. The van der Waals surface area contributed by atoms with Gasteiger partial charge in [-0.25, -0.2) is 9.97 Å². The number of quaternary nitrogens is 1. The maximum absolute atomic E-state index is 5.14. The second-order valence-electron chi connectivity index (χ2n) is 8.63. The minimum absolute atomic E-state index is 0.769. The van der Waals surface area contributed by atoms with Crippen LogP contribution in [0.3, 0.4) is 0 Å². The monoisotopic (exact) mass is 408 g/mol. The molecule has 1 atom stereocenters. The minimum atomic E-state index is 0.769. The number of fused-ring (bicyclic) bond motifs is 3. The third kappa shape index (κ3) is 3.64. The molecule has 0 radical (unpaired) electrons. The number of nitrogens with zero attached hydrogens (tertiary/aromatic N) is 4. The Labute approximate surface area is 176 Å². The van der Waals surface area contributed by atoms with E-state index in [0.717, 1.165) is 41.0 Å². The summed E-state index contributed by atoms with van der Waals surface area (Å²) < 4.78 is 0. The zero-order valence-electron chi connectivity index (χ0n) is 17.4. The van der Waals surface area contributed by atoms with Gasteiger partial charge in [0.1, 0.15) is 10.6 Å². The fraction of sp³-hybridized carbons (Fsp3) is 0.522. The lowest BCUT2D eigenvalue weighted by atomic mass is 9.89. The van der Waals surface area contributed by atoms with Gasteiger partial charge in [-0.15, -0.1) is 11.3 Å². The van der Waals surface area contributed by atoms with Crippen molar-refractivity contribution in [2.75, 3.05) is 37.6 Å². The smallest absolute Gasteiger partial charge is 0.164 e. The van der Waals surface area contributed by atoms with Gasteiger partial charge in [0.25, 0.3) is 0 Å². The van der Waals surface area contributed by atoms with Crippen molar-refractivity contribution in [2.24, 2.45) is 5.92 Å². The highest BCUT2D eigenvalue weighted by atomic mass is 32.1. The number of thiophene rings is 1. The van der Waals surface area contributed by atoms with Crippen LogP contribution in [0, 0.1) is 5.92 Å². The van der Waals surface area contributed by atoms with Gasteiger partial charge >= 0.3 is 0 Å². The van der Waals surface area contributed by atoms with E-state index < -0.39 is 0 Å². The van der Waals surface area contributed by atoms with E-state index in [-0.39, 0.29) is 0 Å². The molecule has 1 saturated heterocycles. The molecule has 3 aromatic heterocycles. The van der Waals surface area contributed by atoms with E-state index in [1.54, 1.807) is 4.90 Å². The molecule has 6 heteroatoms. The Morgan fingerprint density at radius 2 is 2.10 bits per heavy atom. The lowest BCUT2D eigenvalue weighted by molar-refractivity contribution is -0.900. The van der Waals surface area contributed by atoms with Crippen LogP contribution in [-0.2, 0) is 12.8 Å². The van der Waals surface area contributed by atoms with Crippen molar-refractivity contribution in [3.05, 3.63) is 35.0 Å². The number of hydrogen-bond donors (Lipinski definition) is 1. The van der Waals surface area contributed by atoms with Gasteiger partial charge in [0.2, 0.25) is 0 Å². The number of aryl methyl sites for hydroxylation is 1. The lowest BCUT2D eigenvalue weighted by Gasteiger charge is -2.33. The molecule has 4 heterocycles. The molecule has 5 rings (SSSR count). The number of nitrogens with one attached hydrogen (secondary N) is 1. The summed E-state index contributed by atoms with van der Waals surface area (Å²) in [7, 11) is 0. The molecule has 152 valence electrons. The third-order valence-electron chi connectivity index (χ3n) is 6.43. The van der Waals surface area contributed by atoms with Crippen molar-refractivity contribution in [1.29, 1.82) is 0 Å². The first kappa shape index (κ1) is 18.9. The number of piperazine rings is 1. The first-order valence-corrected chi connectivity index (χ1v) is 11.9. The Kier molecular flexibility index (Phi) is 5.22. The molecule has 0 bridgehead atoms. The molecule has 2 aliphatic rings. The van der Waals surface area contributed by atoms with Gasteiger partial charge in [-0.05, 0) is 49.3 Å². The third-order valence-corrected chi connectivity index (χ3v) is 7.58. The first-order chi connectivity index (χ1) is 14.2. The van der Waals surface area contributed by atoms with Crippen molar-refractivity contribution in [1.82, 2.24) is 15.0 Å². The van der Waals surface area contributed by atoms with Crippen molar-refractivity contribution in [3.63, 3.8) is 0 Å². The van der Waals surface area contributed by atoms with Gasteiger partial charge in [-0.2, -0.15) is 0 Å². The van der Waals surface area contributed by atoms with E-state index in [1.807, 2.05) is 29.8 Å². The van der Waals surface area contributed by atoms with Crippen LogP contribution in [0.2, 0.25) is 0 Å². The van der Waals surface area contributed by atoms with Gasteiger partial charge in [0, 0.05) is 22.8 Å². The van der Waals surface area contributed by atoms with Crippen molar-refractivity contribution in [2.45, 2.75) is 39.5 Å². The fourth-order valence-corrected chi connectivity index (χ4v) is 6.19. The quantitative estimate of drug-likeness (QED) is 0.721. The first-order valence-electron chi connectivity index (χ1n) is 11.0. The highest BCUT2D eigenvalue weighted by Gasteiger charge is 2.28. The Balaban J connectivity index is 1.60. The second-order valence-corrected chi connectivity index (χ2v) is 9.72. The average Bonchev–Trinajstić information content (AvgIpc) is 3.12. The standard InChI is InChI=1S/C23H29N5S/c1-3-9-27-10-12-28(13-11-27)22-20-18-7-6-16(2)14-19(18)29-23(20)26-21(25-22)17-5-4-8-24-15-17/h4-5,8,15-16H,3,6-7,9-14H2,1-2H3/p+1/t16-/m1/s1. The number of pyridine rings is 1. The zero-order chi connectivity index (χ0) is 19.8. The molecule has 0 saturated carbocycles. The SMILES string of the molecule is CCC[NH+]1CCN(c2nc(-c3cccnc3)nc3sc4c(c23)CC[C@@H](C)C4)CC1. The maximum Gasteiger partial charge on any atom is 0.164 e. The summed E-state index contributed by atoms with van der Waals surface area (Å²) in [6.07, 6.45) is 8.58. The number of aromatic nitrogens is 3. The van der Waals surface area contributed by atoms with E-state index in [4.69, 9.17) is 9.97 Å². The van der Waals surface area contributed by atoms with Crippen LogP contribution < -0.4 is 9.80 Å². The number of anilines is 1. The lowest BCUT2D eigenvalue weighted by Crippen LogP contribution is -3.14. The highest BCUT2D eigenvalue weighted by molar-refractivity contribution is 7.19. The Bertz CT molecular complexity index is 991. The summed E-state index contributed by atoms with van der Waals surface area (Å²) in [5.74, 6) is 2.75. The topological polar surface area (TPSA) is 46.4 Å². The molecular weight excluding hydrogens is 378 g/mol. The molecule has 1 N–H and O–H groups in total. The van der Waals surface area contributed by atoms with E-state index in [2.05, 4.69) is 29.8 Å². The van der Waals surface area contributed by atoms with Crippen molar-refractivity contribution < 1.29 is 4.90 Å². The summed E-state index contributed by atoms with van der Waals surface area (Å²) in [4.78, 5) is 21.4. The molecule has 3 aromatic rings. The van der Waals surface area contributed by atoms with E-state index in [9.17, 15) is 0 Å². The molecule has 1 aliphatic heterocycles. The van der Waals surface area contributed by atoms with Crippen molar-refractivity contribution >= 4 is 27.4 Å². The average molecular weight is 409 g/mol. The van der Waals surface area contributed by atoms with Crippen LogP contribution in [0.5, 0.6) is 0 Å². The van der Waals surface area contributed by atoms with Crippen LogP contribution >= 0.6 is 11.3 Å². The van der Waals surface area contributed by atoms with E-state index in [0.29, 0.717) is 0 Å². The minimum Gasteiger partial charge on any atom is -0.345 e. The van der Waals surface area contributed by atoms with E-state index >= 15 is 0 Å². The Morgan fingerprint density at radius 3 is 2.86 bits per heavy atom. The molecule has 0 spiro atoms. The molecule has 0 aromatic carbocycles. The molecule has 29 heavy (non-hydrogen) atoms. The Hall–Kier alpha value is -2.05. The van der Waals surface area contributed by atoms with Crippen LogP contribution in [0.1, 0.15) is 37.1 Å². The largest absolute Gasteiger partial charge is 0.345 e. The van der Waals surface area contributed by atoms with E-state index in [1.165, 1.54) is 61.1 Å². The normalized spacial score (nSPS) is 20.2. The van der Waals surface area contributed by atoms with Gasteiger partial charge in [-0.1, -0.05) is 13.8 Å². The van der Waals surface area contributed by atoms with Gasteiger partial charge in [-0.3, -0.25) is 4.98 Å². The second kappa shape index (κ2) is 8.00. The summed E-state index contributed by atoms with van der Waals surface area (Å²) in [6, 6.07) is 4.04. The Morgan fingerprint density at radius 1 is 1.24 bits per heavy atom. The molecule has 1 aliphatic carbocycles. The molecule has 1 fully saturated rings. The van der Waals surface area contributed by atoms with Gasteiger partial charge in [0.05, 0.1) is 38.1 Å². The fourth-order valence-electron chi connectivity index (χ4n) is 4.81. The predicted octanol–water partition coefficient (Wildman–Crippen LogP) is 2.99. The van der Waals surface area contributed by atoms with Crippen molar-refractivity contribution in [3.8, 4) is 11.4 Å². The zero-order valence-corrected chi connectivity index (χ0v) is 18.3. The molecule has 0 unspecified atom stereocenters. The van der Waals surface area contributed by atoms with Gasteiger partial charge in [0.15, 0.2) is 5.82 Å².